The molecule has 0 heterocycles. The predicted octanol–water partition coefficient (Wildman–Crippen LogP) is 17.6. The van der Waals surface area contributed by atoms with Gasteiger partial charge < -0.3 is 19.4 Å². The van der Waals surface area contributed by atoms with Crippen LogP contribution < -0.4 is 5.32 Å². The largest absolute Gasteiger partial charge is 0.472 e. The van der Waals surface area contributed by atoms with Gasteiger partial charge in [-0.15, -0.1) is 0 Å². The van der Waals surface area contributed by atoms with Gasteiger partial charge in [-0.25, -0.2) is 4.57 Å². The van der Waals surface area contributed by atoms with Crippen molar-refractivity contribution in [1.29, 1.82) is 0 Å². The van der Waals surface area contributed by atoms with Gasteiger partial charge in [-0.3, -0.25) is 18.6 Å². The lowest BCUT2D eigenvalue weighted by Gasteiger charge is -2.27. The third kappa shape index (κ3) is 51.0. The molecule has 0 aliphatic heterocycles. The minimum Gasteiger partial charge on any atom is -0.456 e. The zero-order valence-corrected chi connectivity index (χ0v) is 47.2. The van der Waals surface area contributed by atoms with E-state index in [9.17, 15) is 19.0 Å². The maximum absolute atomic E-state index is 13.5. The zero-order chi connectivity index (χ0) is 50.8. The van der Waals surface area contributed by atoms with Crippen LogP contribution in [0.2, 0.25) is 0 Å². The number of hydrogen-bond acceptors (Lipinski definition) is 6. The number of hydrogen-bond donors (Lipinski definition) is 2. The summed E-state index contributed by atoms with van der Waals surface area (Å²) in [7, 11) is 1.48. The molecule has 0 aliphatic rings. The summed E-state index contributed by atoms with van der Waals surface area (Å²) in [5.41, 5.74) is 0. The number of phosphoric acid groups is 1. The number of allylic oxidation sites excluding steroid dienone is 5. The summed E-state index contributed by atoms with van der Waals surface area (Å²) in [6, 6.07) is -0.865. The zero-order valence-electron chi connectivity index (χ0n) is 46.3. The van der Waals surface area contributed by atoms with E-state index in [-0.39, 0.29) is 31.5 Å². The maximum Gasteiger partial charge on any atom is 0.472 e. The molecule has 0 aliphatic carbocycles. The number of nitrogens with one attached hydrogen (secondary N) is 1. The fraction of sp³-hybridized carbons (Fsp3) is 0.864. The van der Waals surface area contributed by atoms with E-state index in [0.717, 1.165) is 51.4 Å². The van der Waals surface area contributed by atoms with Crippen molar-refractivity contribution in [3.63, 3.8) is 0 Å². The number of nitrogens with zero attached hydrogens (tertiary/aromatic N) is 1. The topological polar surface area (TPSA) is 111 Å². The van der Waals surface area contributed by atoms with Gasteiger partial charge >= 0.3 is 13.8 Å². The second-order valence-corrected chi connectivity index (χ2v) is 22.6. The summed E-state index contributed by atoms with van der Waals surface area (Å²) in [6.45, 7) is 6.99. The van der Waals surface area contributed by atoms with Crippen LogP contribution in [0.3, 0.4) is 0 Å². The first-order valence-corrected chi connectivity index (χ1v) is 30.8. The van der Waals surface area contributed by atoms with Gasteiger partial charge in [-0.2, -0.15) is 0 Å². The molecule has 3 atom stereocenters. The molecular weight excluding hydrogens is 880 g/mol. The van der Waals surface area contributed by atoms with Crippen molar-refractivity contribution < 1.29 is 37.3 Å². The van der Waals surface area contributed by atoms with Crippen molar-refractivity contribution in [2.75, 3.05) is 40.9 Å². The molecule has 0 saturated heterocycles. The van der Waals surface area contributed by atoms with Crippen LogP contribution in [-0.2, 0) is 27.9 Å². The van der Waals surface area contributed by atoms with Crippen molar-refractivity contribution in [2.24, 2.45) is 0 Å². The summed E-state index contributed by atoms with van der Waals surface area (Å²) in [5, 5.41) is 3.04. The Morgan fingerprint density at radius 1 is 0.507 bits per heavy atom. The Labute approximate surface area is 427 Å². The molecule has 406 valence electrons. The van der Waals surface area contributed by atoms with Crippen LogP contribution in [0.1, 0.15) is 278 Å². The number of phosphoric ester groups is 1. The third-order valence-electron chi connectivity index (χ3n) is 13.1. The van der Waals surface area contributed by atoms with E-state index in [2.05, 4.69) is 44.3 Å². The number of rotatable bonds is 53. The molecule has 69 heavy (non-hydrogen) atoms. The number of quaternary nitrogens is 1. The molecular formula is C59H114N2O7P+. The van der Waals surface area contributed by atoms with Crippen LogP contribution in [0, 0.1) is 0 Å². The SMILES string of the molecule is CCCCCCCC/C=C\C/C=C/CCC(=O)OC(/C=C/CCCCCCCCCCCCC)C(COP(=O)(O)OCC[N+](C)(C)C)NC(=O)CCCCCCCCCCCCCCCCCCC. The molecule has 0 aromatic carbocycles. The number of carbonyl (C=O) groups is 2. The van der Waals surface area contributed by atoms with Crippen LogP contribution in [0.25, 0.3) is 0 Å². The van der Waals surface area contributed by atoms with Crippen LogP contribution in [0.4, 0.5) is 0 Å². The van der Waals surface area contributed by atoms with Gasteiger partial charge in [0, 0.05) is 12.8 Å². The minimum atomic E-state index is -4.45. The smallest absolute Gasteiger partial charge is 0.456 e. The van der Waals surface area contributed by atoms with Crippen molar-refractivity contribution in [1.82, 2.24) is 5.32 Å². The lowest BCUT2D eigenvalue weighted by atomic mass is 10.0. The molecule has 0 aromatic rings. The standard InChI is InChI=1S/C59H113N2O7P/c1-7-10-13-16-19-22-25-28-29-30-31-34-36-39-42-45-48-51-58(62)60-56(55-67-69(64,65)66-54-53-61(4,5)6)57(50-47-44-41-38-35-32-26-23-20-17-14-11-8-2)68-59(63)52-49-46-43-40-37-33-27-24-21-18-15-12-9-3/h33,37,43,46-47,50,56-57H,7-32,34-36,38-42,44-45,48-49,51-55H2,1-6H3,(H-,60,62,64,65)/p+1/b37-33-,46-43+,50-47+. The Morgan fingerprint density at radius 2 is 0.899 bits per heavy atom. The number of unbranched alkanes of at least 4 members (excludes halogenated alkanes) is 33. The Hall–Kier alpha value is -1.77. The third-order valence-corrected chi connectivity index (χ3v) is 14.1. The summed E-state index contributed by atoms with van der Waals surface area (Å²) in [4.78, 5) is 37.5. The van der Waals surface area contributed by atoms with Crippen LogP contribution >= 0.6 is 7.82 Å². The number of carbonyl (C=O) groups excluding carboxylic acids is 2. The van der Waals surface area contributed by atoms with Gasteiger partial charge in [0.25, 0.3) is 0 Å². The van der Waals surface area contributed by atoms with Crippen molar-refractivity contribution in [3.8, 4) is 0 Å². The van der Waals surface area contributed by atoms with Crippen LogP contribution in [0.15, 0.2) is 36.5 Å². The summed E-state index contributed by atoms with van der Waals surface area (Å²) < 4.78 is 30.6. The average molecular weight is 995 g/mol. The summed E-state index contributed by atoms with van der Waals surface area (Å²) >= 11 is 0. The minimum absolute atomic E-state index is 0.0350. The van der Waals surface area contributed by atoms with Crippen LogP contribution in [-0.4, -0.2) is 74.3 Å². The second kappa shape index (κ2) is 49.8. The molecule has 0 saturated carbocycles. The molecule has 0 radical (unpaired) electrons. The first-order valence-electron chi connectivity index (χ1n) is 29.3. The fourth-order valence-electron chi connectivity index (χ4n) is 8.52. The fourth-order valence-corrected chi connectivity index (χ4v) is 9.26. The number of likely N-dealkylation sites (N-methyl/N-ethyl adjacent to an activating group) is 1. The van der Waals surface area contributed by atoms with E-state index in [1.165, 1.54) is 186 Å². The number of ether oxygens (including phenoxy) is 1. The highest BCUT2D eigenvalue weighted by Crippen LogP contribution is 2.43. The van der Waals surface area contributed by atoms with Gasteiger partial charge in [0.05, 0.1) is 33.8 Å². The number of esters is 1. The highest BCUT2D eigenvalue weighted by molar-refractivity contribution is 7.47. The average Bonchev–Trinajstić information content (AvgIpc) is 3.31. The van der Waals surface area contributed by atoms with Crippen molar-refractivity contribution in [3.05, 3.63) is 36.5 Å². The second-order valence-electron chi connectivity index (χ2n) is 21.2. The van der Waals surface area contributed by atoms with Crippen LogP contribution in [0.5, 0.6) is 0 Å². The first-order chi connectivity index (χ1) is 33.4. The van der Waals surface area contributed by atoms with E-state index >= 15 is 0 Å². The van der Waals surface area contributed by atoms with Gasteiger partial charge in [0.2, 0.25) is 5.91 Å². The predicted molar refractivity (Wildman–Crippen MR) is 296 cm³/mol. The molecule has 0 spiro atoms. The highest BCUT2D eigenvalue weighted by Gasteiger charge is 2.30. The normalized spacial score (nSPS) is 14.0. The lowest BCUT2D eigenvalue weighted by molar-refractivity contribution is -0.870. The summed E-state index contributed by atoms with van der Waals surface area (Å²) in [6.07, 6.45) is 58.6. The Bertz CT molecular complexity index is 1280. The lowest BCUT2D eigenvalue weighted by Crippen LogP contribution is -2.47. The van der Waals surface area contributed by atoms with E-state index < -0.39 is 20.0 Å². The molecule has 0 rings (SSSR count). The molecule has 0 aromatic heterocycles. The monoisotopic (exact) mass is 994 g/mol. The molecule has 9 nitrogen and oxygen atoms in total. The Balaban J connectivity index is 5.37. The summed E-state index contributed by atoms with van der Waals surface area (Å²) in [5.74, 6) is -0.572. The molecule has 0 bridgehead atoms. The molecule has 0 fully saturated rings. The molecule has 3 unspecified atom stereocenters. The van der Waals surface area contributed by atoms with Gasteiger partial charge in [-0.1, -0.05) is 250 Å². The molecule has 2 N–H and O–H groups in total. The highest BCUT2D eigenvalue weighted by atomic mass is 31.2. The van der Waals surface area contributed by atoms with Gasteiger partial charge in [0.15, 0.2) is 0 Å². The van der Waals surface area contributed by atoms with E-state index in [1.807, 2.05) is 39.4 Å². The first kappa shape index (κ1) is 67.2. The maximum atomic E-state index is 13.5. The van der Waals surface area contributed by atoms with Crippen molar-refractivity contribution >= 4 is 19.7 Å². The Morgan fingerprint density at radius 3 is 1.33 bits per heavy atom. The molecule has 1 amide bonds. The van der Waals surface area contributed by atoms with Gasteiger partial charge in [-0.05, 0) is 51.0 Å². The quantitative estimate of drug-likeness (QED) is 0.0205. The van der Waals surface area contributed by atoms with Gasteiger partial charge in [0.1, 0.15) is 19.3 Å². The van der Waals surface area contributed by atoms with Crippen molar-refractivity contribution in [2.45, 2.75) is 290 Å². The van der Waals surface area contributed by atoms with E-state index in [4.69, 9.17) is 13.8 Å². The Kier molecular flexibility index (Phi) is 48.5. The number of amides is 1. The van der Waals surface area contributed by atoms with E-state index in [0.29, 0.717) is 23.9 Å². The van der Waals surface area contributed by atoms with E-state index in [1.54, 1.807) is 0 Å². The molecule has 10 heteroatoms.